The minimum Gasteiger partial charge on any atom is -0.264 e. The molecule has 0 fully saturated rings. The van der Waals surface area contributed by atoms with Gasteiger partial charge in [0.2, 0.25) is 5.95 Å². The van der Waals surface area contributed by atoms with Crippen molar-refractivity contribution >= 4 is 33.6 Å². The first-order chi connectivity index (χ1) is 8.25. The smallest absolute Gasteiger partial charge is 0.235 e. The number of halogens is 1. The van der Waals surface area contributed by atoms with Crippen LogP contribution < -0.4 is 0 Å². The van der Waals surface area contributed by atoms with Gasteiger partial charge in [0.05, 0.1) is 11.0 Å². The molecule has 0 aliphatic rings. The van der Waals surface area contributed by atoms with Crippen molar-refractivity contribution in [3.8, 4) is 5.95 Å². The Hall–Kier alpha value is -1.50. The van der Waals surface area contributed by atoms with Gasteiger partial charge in [0, 0.05) is 16.0 Å². The molecule has 2 heterocycles. The van der Waals surface area contributed by atoms with Gasteiger partial charge in [-0.05, 0) is 41.6 Å². The van der Waals surface area contributed by atoms with E-state index in [1.165, 1.54) is 0 Å². The van der Waals surface area contributed by atoms with E-state index in [1.807, 2.05) is 35.8 Å². The van der Waals surface area contributed by atoms with Crippen LogP contribution >= 0.6 is 22.6 Å². The first kappa shape index (κ1) is 10.6. The Balaban J connectivity index is 2.29. The molecule has 0 saturated heterocycles. The van der Waals surface area contributed by atoms with Crippen LogP contribution in [0.4, 0.5) is 0 Å². The molecule has 0 bridgehead atoms. The highest BCUT2D eigenvalue weighted by atomic mass is 127. The fourth-order valence-electron chi connectivity index (χ4n) is 1.82. The molecule has 0 spiro atoms. The summed E-state index contributed by atoms with van der Waals surface area (Å²) in [6.45, 7) is 1.96. The van der Waals surface area contributed by atoms with Crippen LogP contribution in [0.15, 0.2) is 36.7 Å². The molecule has 0 N–H and O–H groups in total. The van der Waals surface area contributed by atoms with Crippen LogP contribution in [0.1, 0.15) is 5.82 Å². The van der Waals surface area contributed by atoms with E-state index in [2.05, 4.69) is 37.5 Å². The summed E-state index contributed by atoms with van der Waals surface area (Å²) in [4.78, 5) is 13.2. The van der Waals surface area contributed by atoms with Gasteiger partial charge in [0.15, 0.2) is 0 Å². The molecule has 84 valence electrons. The first-order valence-electron chi connectivity index (χ1n) is 5.18. The van der Waals surface area contributed by atoms with E-state index < -0.39 is 0 Å². The maximum Gasteiger partial charge on any atom is 0.235 e. The minimum atomic E-state index is 0.664. The summed E-state index contributed by atoms with van der Waals surface area (Å²) in [7, 11) is 0. The average Bonchev–Trinajstić information content (AvgIpc) is 2.66. The van der Waals surface area contributed by atoms with Crippen molar-refractivity contribution in [2.45, 2.75) is 6.92 Å². The maximum absolute atomic E-state index is 4.49. The number of rotatable bonds is 1. The van der Waals surface area contributed by atoms with E-state index >= 15 is 0 Å². The summed E-state index contributed by atoms with van der Waals surface area (Å²) >= 11 is 2.19. The Morgan fingerprint density at radius 3 is 2.59 bits per heavy atom. The van der Waals surface area contributed by atoms with Crippen LogP contribution in [0.2, 0.25) is 0 Å². The third-order valence-electron chi connectivity index (χ3n) is 2.54. The van der Waals surface area contributed by atoms with Gasteiger partial charge in [-0.15, -0.1) is 0 Å². The molecule has 0 unspecified atom stereocenters. The molecule has 4 nitrogen and oxygen atoms in total. The summed E-state index contributed by atoms with van der Waals surface area (Å²) in [5, 5.41) is 0. The first-order valence-corrected chi connectivity index (χ1v) is 6.25. The van der Waals surface area contributed by atoms with Crippen molar-refractivity contribution in [2.75, 3.05) is 0 Å². The van der Waals surface area contributed by atoms with Gasteiger partial charge in [-0.3, -0.25) is 4.57 Å². The second kappa shape index (κ2) is 4.06. The number of aryl methyl sites for hydroxylation is 1. The fourth-order valence-corrected chi connectivity index (χ4v) is 2.10. The van der Waals surface area contributed by atoms with Crippen LogP contribution in [0.5, 0.6) is 0 Å². The summed E-state index contributed by atoms with van der Waals surface area (Å²) in [6, 6.07) is 7.99. The Kier molecular flexibility index (Phi) is 2.54. The number of hydrogen-bond donors (Lipinski definition) is 0. The zero-order valence-corrected chi connectivity index (χ0v) is 11.3. The molecule has 0 saturated carbocycles. The number of para-hydroxylation sites is 2. The molecular weight excluding hydrogens is 327 g/mol. The zero-order valence-electron chi connectivity index (χ0n) is 9.13. The summed E-state index contributed by atoms with van der Waals surface area (Å²) in [5.41, 5.74) is 2.00. The van der Waals surface area contributed by atoms with Gasteiger partial charge >= 0.3 is 0 Å². The summed E-state index contributed by atoms with van der Waals surface area (Å²) < 4.78 is 2.99. The number of fused-ring (bicyclic) bond motifs is 1. The SMILES string of the molecule is Cc1nc2ccccc2n1-c1ncc(I)cn1. The maximum atomic E-state index is 4.49. The quantitative estimate of drug-likeness (QED) is 0.642. The van der Waals surface area contributed by atoms with Gasteiger partial charge in [-0.25, -0.2) is 15.0 Å². The normalized spacial score (nSPS) is 10.9. The molecule has 5 heteroatoms. The number of aromatic nitrogens is 4. The predicted molar refractivity (Wildman–Crippen MR) is 74.1 cm³/mol. The Morgan fingerprint density at radius 1 is 1.12 bits per heavy atom. The second-order valence-electron chi connectivity index (χ2n) is 3.68. The number of imidazole rings is 1. The molecule has 0 amide bonds. The predicted octanol–water partition coefficient (Wildman–Crippen LogP) is 2.73. The lowest BCUT2D eigenvalue weighted by atomic mass is 10.3. The monoisotopic (exact) mass is 336 g/mol. The summed E-state index contributed by atoms with van der Waals surface area (Å²) in [5.74, 6) is 1.56. The molecule has 2 aromatic heterocycles. The molecule has 0 atom stereocenters. The number of benzene rings is 1. The Bertz CT molecular complexity index is 673. The van der Waals surface area contributed by atoms with Gasteiger partial charge in [0.1, 0.15) is 5.82 Å². The lowest BCUT2D eigenvalue weighted by molar-refractivity contribution is 0.900. The Labute approximate surface area is 112 Å². The van der Waals surface area contributed by atoms with Crippen molar-refractivity contribution in [2.24, 2.45) is 0 Å². The van der Waals surface area contributed by atoms with Crippen molar-refractivity contribution in [1.29, 1.82) is 0 Å². The van der Waals surface area contributed by atoms with E-state index in [-0.39, 0.29) is 0 Å². The lowest BCUT2D eigenvalue weighted by Gasteiger charge is -2.03. The highest BCUT2D eigenvalue weighted by Crippen LogP contribution is 2.18. The molecule has 0 radical (unpaired) electrons. The zero-order chi connectivity index (χ0) is 11.8. The molecule has 3 rings (SSSR count). The standard InChI is InChI=1S/C12H9IN4/c1-8-16-10-4-2-3-5-11(10)17(8)12-14-6-9(13)7-15-12/h2-7H,1H3. The van der Waals surface area contributed by atoms with Crippen LogP contribution in [0.3, 0.4) is 0 Å². The number of hydrogen-bond acceptors (Lipinski definition) is 3. The average molecular weight is 336 g/mol. The van der Waals surface area contributed by atoms with Crippen LogP contribution in [0, 0.1) is 10.5 Å². The van der Waals surface area contributed by atoms with Crippen molar-refractivity contribution in [3.63, 3.8) is 0 Å². The van der Waals surface area contributed by atoms with Gasteiger partial charge < -0.3 is 0 Å². The summed E-state index contributed by atoms with van der Waals surface area (Å²) in [6.07, 6.45) is 3.61. The highest BCUT2D eigenvalue weighted by molar-refractivity contribution is 14.1. The van der Waals surface area contributed by atoms with E-state index in [1.54, 1.807) is 12.4 Å². The van der Waals surface area contributed by atoms with E-state index in [9.17, 15) is 0 Å². The number of nitrogens with zero attached hydrogens (tertiary/aromatic N) is 4. The van der Waals surface area contributed by atoms with Crippen molar-refractivity contribution < 1.29 is 0 Å². The second-order valence-corrected chi connectivity index (χ2v) is 4.93. The molecule has 17 heavy (non-hydrogen) atoms. The van der Waals surface area contributed by atoms with Crippen LogP contribution in [-0.4, -0.2) is 19.5 Å². The molecule has 1 aromatic carbocycles. The van der Waals surface area contributed by atoms with E-state index in [4.69, 9.17) is 0 Å². The minimum absolute atomic E-state index is 0.664. The molecule has 3 aromatic rings. The molecule has 0 aliphatic carbocycles. The Morgan fingerprint density at radius 2 is 1.82 bits per heavy atom. The lowest BCUT2D eigenvalue weighted by Crippen LogP contribution is -2.02. The highest BCUT2D eigenvalue weighted by Gasteiger charge is 2.10. The fraction of sp³-hybridized carbons (Fsp3) is 0.0833. The van der Waals surface area contributed by atoms with Crippen molar-refractivity contribution in [3.05, 3.63) is 46.1 Å². The van der Waals surface area contributed by atoms with Gasteiger partial charge in [0.25, 0.3) is 0 Å². The van der Waals surface area contributed by atoms with E-state index in [0.717, 1.165) is 20.4 Å². The molecular formula is C12H9IN4. The van der Waals surface area contributed by atoms with E-state index in [0.29, 0.717) is 5.95 Å². The third kappa shape index (κ3) is 1.80. The third-order valence-corrected chi connectivity index (χ3v) is 3.09. The van der Waals surface area contributed by atoms with Crippen molar-refractivity contribution in [1.82, 2.24) is 19.5 Å². The van der Waals surface area contributed by atoms with Crippen LogP contribution in [-0.2, 0) is 0 Å². The largest absolute Gasteiger partial charge is 0.264 e. The van der Waals surface area contributed by atoms with Gasteiger partial charge in [-0.2, -0.15) is 0 Å². The van der Waals surface area contributed by atoms with Crippen LogP contribution in [0.25, 0.3) is 17.0 Å². The van der Waals surface area contributed by atoms with Gasteiger partial charge in [-0.1, -0.05) is 12.1 Å². The topological polar surface area (TPSA) is 43.6 Å². The molecule has 0 aliphatic heterocycles.